The number of hydrogen-bond donors (Lipinski definition) is 0. The summed E-state index contributed by atoms with van der Waals surface area (Å²) in [6.45, 7) is 0. The molecule has 0 spiro atoms. The standard InChI is InChI=1S/C53H31N3O/c1-2-11-37-28-38(23-16-32(37)8-1)39-26-27-44-49(31-39)57-48-15-7-14-45(50(44)48)53-55-51(40-24-21-35-19-17-33-9-3-5-12-42(33)46(35)29-40)54-52(56-53)41-25-22-36-20-18-34-10-4-6-13-43(34)47(36)30-41/h1-31H. The predicted octanol–water partition coefficient (Wildman–Crippen LogP) is 14.2. The van der Waals surface area contributed by atoms with E-state index in [4.69, 9.17) is 19.4 Å². The molecule has 0 aliphatic rings. The van der Waals surface area contributed by atoms with Crippen LogP contribution in [0.3, 0.4) is 0 Å². The van der Waals surface area contributed by atoms with Gasteiger partial charge in [-0.15, -0.1) is 0 Å². The van der Waals surface area contributed by atoms with E-state index in [0.717, 1.165) is 60.5 Å². The van der Waals surface area contributed by atoms with Gasteiger partial charge in [-0.05, 0) is 101 Å². The van der Waals surface area contributed by atoms with Crippen molar-refractivity contribution in [2.24, 2.45) is 0 Å². The van der Waals surface area contributed by atoms with Gasteiger partial charge in [0.05, 0.1) is 0 Å². The lowest BCUT2D eigenvalue weighted by Gasteiger charge is -2.11. The first-order valence-corrected chi connectivity index (χ1v) is 19.2. The molecule has 0 fully saturated rings. The summed E-state index contributed by atoms with van der Waals surface area (Å²) >= 11 is 0. The van der Waals surface area contributed by atoms with Crippen LogP contribution in [0.5, 0.6) is 0 Å². The van der Waals surface area contributed by atoms with E-state index in [0.29, 0.717) is 17.5 Å². The Labute approximate surface area is 327 Å². The van der Waals surface area contributed by atoms with Crippen LogP contribution >= 0.6 is 0 Å². The van der Waals surface area contributed by atoms with Crippen molar-refractivity contribution in [2.45, 2.75) is 0 Å². The van der Waals surface area contributed by atoms with Crippen LogP contribution in [0.4, 0.5) is 0 Å². The molecule has 4 heteroatoms. The van der Waals surface area contributed by atoms with Gasteiger partial charge in [0.25, 0.3) is 0 Å². The molecule has 12 aromatic rings. The molecule has 0 atom stereocenters. The molecular weight excluding hydrogens is 695 g/mol. The first kappa shape index (κ1) is 31.6. The number of fused-ring (bicyclic) bond motifs is 10. The predicted molar refractivity (Wildman–Crippen MR) is 236 cm³/mol. The van der Waals surface area contributed by atoms with Crippen molar-refractivity contribution < 1.29 is 4.42 Å². The van der Waals surface area contributed by atoms with Crippen LogP contribution in [0, 0.1) is 0 Å². The second-order valence-electron chi connectivity index (χ2n) is 14.8. The fourth-order valence-electron chi connectivity index (χ4n) is 8.60. The van der Waals surface area contributed by atoms with Crippen molar-refractivity contribution in [3.63, 3.8) is 0 Å². The van der Waals surface area contributed by atoms with Gasteiger partial charge in [-0.25, -0.2) is 15.0 Å². The Hall–Kier alpha value is -7.69. The van der Waals surface area contributed by atoms with Crippen LogP contribution in [0.15, 0.2) is 192 Å². The highest BCUT2D eigenvalue weighted by molar-refractivity contribution is 6.13. The fraction of sp³-hybridized carbons (Fsp3) is 0. The van der Waals surface area contributed by atoms with Crippen molar-refractivity contribution in [3.05, 3.63) is 188 Å². The normalized spacial score (nSPS) is 11.9. The zero-order valence-corrected chi connectivity index (χ0v) is 30.6. The molecule has 57 heavy (non-hydrogen) atoms. The van der Waals surface area contributed by atoms with E-state index in [1.165, 1.54) is 43.1 Å². The Kier molecular flexibility index (Phi) is 6.89. The Bertz CT molecular complexity index is 3460. The highest BCUT2D eigenvalue weighted by Crippen LogP contribution is 2.39. The van der Waals surface area contributed by atoms with E-state index in [2.05, 4.69) is 176 Å². The number of furan rings is 1. The van der Waals surface area contributed by atoms with Crippen LogP contribution in [0.1, 0.15) is 0 Å². The van der Waals surface area contributed by atoms with Gasteiger partial charge in [0.1, 0.15) is 11.2 Å². The van der Waals surface area contributed by atoms with E-state index in [1.807, 2.05) is 12.1 Å². The van der Waals surface area contributed by atoms with Gasteiger partial charge < -0.3 is 4.42 Å². The molecule has 2 heterocycles. The second kappa shape index (κ2) is 12.4. The summed E-state index contributed by atoms with van der Waals surface area (Å²) in [4.78, 5) is 15.8. The minimum Gasteiger partial charge on any atom is -0.456 e. The van der Waals surface area contributed by atoms with Gasteiger partial charge >= 0.3 is 0 Å². The topological polar surface area (TPSA) is 51.8 Å². The molecule has 0 aliphatic carbocycles. The Morgan fingerprint density at radius 3 is 1.44 bits per heavy atom. The van der Waals surface area contributed by atoms with Gasteiger partial charge in [0.15, 0.2) is 17.5 Å². The third kappa shape index (κ3) is 5.19. The van der Waals surface area contributed by atoms with Crippen molar-refractivity contribution in [1.82, 2.24) is 15.0 Å². The quantitative estimate of drug-likeness (QED) is 0.170. The van der Waals surface area contributed by atoms with E-state index < -0.39 is 0 Å². The van der Waals surface area contributed by atoms with Crippen LogP contribution in [0.25, 0.3) is 121 Å². The van der Waals surface area contributed by atoms with E-state index in [1.54, 1.807) is 0 Å². The number of hydrogen-bond acceptors (Lipinski definition) is 4. The van der Waals surface area contributed by atoms with Crippen LogP contribution in [-0.4, -0.2) is 15.0 Å². The molecule has 0 unspecified atom stereocenters. The maximum Gasteiger partial charge on any atom is 0.164 e. The number of nitrogens with zero attached hydrogens (tertiary/aromatic N) is 3. The van der Waals surface area contributed by atoms with Crippen LogP contribution in [0.2, 0.25) is 0 Å². The minimum absolute atomic E-state index is 0.595. The summed E-state index contributed by atoms with van der Waals surface area (Å²) in [7, 11) is 0. The first-order valence-electron chi connectivity index (χ1n) is 19.2. The number of aromatic nitrogens is 3. The lowest BCUT2D eigenvalue weighted by atomic mass is 9.98. The van der Waals surface area contributed by atoms with Crippen molar-refractivity contribution >= 4 is 75.8 Å². The average Bonchev–Trinajstić information content (AvgIpc) is 3.66. The van der Waals surface area contributed by atoms with Crippen molar-refractivity contribution in [3.8, 4) is 45.3 Å². The van der Waals surface area contributed by atoms with Crippen molar-refractivity contribution in [2.75, 3.05) is 0 Å². The fourth-order valence-corrected chi connectivity index (χ4v) is 8.60. The molecule has 0 aliphatic heterocycles. The number of rotatable bonds is 4. The molecule has 0 N–H and O–H groups in total. The summed E-state index contributed by atoms with van der Waals surface area (Å²) < 4.78 is 6.60. The molecule has 0 saturated carbocycles. The van der Waals surface area contributed by atoms with Gasteiger partial charge in [-0.3, -0.25) is 0 Å². The van der Waals surface area contributed by atoms with E-state index >= 15 is 0 Å². The summed E-state index contributed by atoms with van der Waals surface area (Å²) in [6, 6.07) is 66.5. The monoisotopic (exact) mass is 725 g/mol. The highest BCUT2D eigenvalue weighted by atomic mass is 16.3. The summed E-state index contributed by atoms with van der Waals surface area (Å²) in [5.41, 5.74) is 6.61. The average molecular weight is 726 g/mol. The Morgan fingerprint density at radius 1 is 0.281 bits per heavy atom. The van der Waals surface area contributed by atoms with Gasteiger partial charge in [-0.1, -0.05) is 152 Å². The van der Waals surface area contributed by atoms with E-state index in [9.17, 15) is 0 Å². The Balaban J connectivity index is 1.07. The van der Waals surface area contributed by atoms with Crippen LogP contribution in [-0.2, 0) is 0 Å². The van der Waals surface area contributed by atoms with Crippen LogP contribution < -0.4 is 0 Å². The van der Waals surface area contributed by atoms with Gasteiger partial charge in [-0.2, -0.15) is 0 Å². The van der Waals surface area contributed by atoms with Crippen molar-refractivity contribution in [1.29, 1.82) is 0 Å². The molecule has 2 aromatic heterocycles. The zero-order chi connectivity index (χ0) is 37.5. The van der Waals surface area contributed by atoms with Gasteiger partial charge in [0, 0.05) is 27.5 Å². The molecule has 10 aromatic carbocycles. The molecular formula is C53H31N3O. The Morgan fingerprint density at radius 2 is 0.772 bits per heavy atom. The molecule has 4 nitrogen and oxygen atoms in total. The first-order chi connectivity index (χ1) is 28.2. The lowest BCUT2D eigenvalue weighted by Crippen LogP contribution is -2.00. The molecule has 12 rings (SSSR count). The molecule has 0 bridgehead atoms. The molecule has 0 saturated heterocycles. The lowest BCUT2D eigenvalue weighted by molar-refractivity contribution is 0.669. The highest BCUT2D eigenvalue weighted by Gasteiger charge is 2.19. The smallest absolute Gasteiger partial charge is 0.164 e. The molecule has 0 radical (unpaired) electrons. The molecule has 264 valence electrons. The summed E-state index contributed by atoms with van der Waals surface area (Å²) in [5.74, 6) is 1.83. The number of benzene rings is 10. The largest absolute Gasteiger partial charge is 0.456 e. The SMILES string of the molecule is c1ccc2cc(-c3ccc4c(c3)oc3cccc(-c5nc(-c6ccc7ccc8ccccc8c7c6)nc(-c6ccc7ccc8ccccc8c7c6)n5)c34)ccc2c1. The second-order valence-corrected chi connectivity index (χ2v) is 14.8. The summed E-state index contributed by atoms with van der Waals surface area (Å²) in [5, 5.41) is 13.9. The maximum absolute atomic E-state index is 6.60. The van der Waals surface area contributed by atoms with E-state index in [-0.39, 0.29) is 0 Å². The third-order valence-corrected chi connectivity index (χ3v) is 11.5. The molecule has 0 amide bonds. The zero-order valence-electron chi connectivity index (χ0n) is 30.6. The summed E-state index contributed by atoms with van der Waals surface area (Å²) in [6.07, 6.45) is 0. The van der Waals surface area contributed by atoms with Gasteiger partial charge in [0.2, 0.25) is 0 Å². The minimum atomic E-state index is 0.595. The third-order valence-electron chi connectivity index (χ3n) is 11.5. The maximum atomic E-state index is 6.60.